The van der Waals surface area contributed by atoms with Gasteiger partial charge in [-0.15, -0.1) is 0 Å². The Kier molecular flexibility index (Phi) is 5.02. The van der Waals surface area contributed by atoms with Gasteiger partial charge in [-0.3, -0.25) is 4.79 Å². The third-order valence-electron chi connectivity index (χ3n) is 4.50. The maximum Gasteiger partial charge on any atom is 0.224 e. The molecule has 2 aromatic carbocycles. The molecule has 0 aliphatic heterocycles. The predicted octanol–water partition coefficient (Wildman–Crippen LogP) is 4.64. The minimum Gasteiger partial charge on any atom is -0.349 e. The normalized spacial score (nSPS) is 14.9. The summed E-state index contributed by atoms with van der Waals surface area (Å²) in [5, 5.41) is 3.75. The number of carbonyl (C=O) groups is 1. The summed E-state index contributed by atoms with van der Waals surface area (Å²) in [5.41, 5.74) is 5.04. The van der Waals surface area contributed by atoms with E-state index in [2.05, 4.69) is 23.5 Å². The first-order chi connectivity index (χ1) is 11.1. The number of benzene rings is 2. The van der Waals surface area contributed by atoms with E-state index in [4.69, 9.17) is 11.6 Å². The lowest BCUT2D eigenvalue weighted by Crippen LogP contribution is -2.28. The van der Waals surface area contributed by atoms with Crippen LogP contribution in [0.1, 0.15) is 48.1 Å². The first kappa shape index (κ1) is 16.1. The van der Waals surface area contributed by atoms with Crippen molar-refractivity contribution in [2.24, 2.45) is 0 Å². The SMILES string of the molecule is C[C@@H](NC(=O)Cc1cccc(Cl)c1)c1ccc2c(c1)CCCC2. The van der Waals surface area contributed by atoms with E-state index < -0.39 is 0 Å². The van der Waals surface area contributed by atoms with Gasteiger partial charge >= 0.3 is 0 Å². The lowest BCUT2D eigenvalue weighted by Gasteiger charge is -2.20. The van der Waals surface area contributed by atoms with Crippen molar-refractivity contribution in [3.8, 4) is 0 Å². The van der Waals surface area contributed by atoms with Gasteiger partial charge in [-0.2, -0.15) is 0 Å². The van der Waals surface area contributed by atoms with Gasteiger partial charge in [-0.25, -0.2) is 0 Å². The first-order valence-electron chi connectivity index (χ1n) is 8.27. The smallest absolute Gasteiger partial charge is 0.224 e. The van der Waals surface area contributed by atoms with E-state index in [1.165, 1.54) is 36.0 Å². The standard InChI is InChI=1S/C20H22ClNO/c1-14(17-10-9-16-6-2-3-7-18(16)13-17)22-20(23)12-15-5-4-8-19(21)11-15/h4-5,8-11,13-14H,2-3,6-7,12H2,1H3,(H,22,23)/t14-/m1/s1. The van der Waals surface area contributed by atoms with E-state index in [9.17, 15) is 4.79 Å². The van der Waals surface area contributed by atoms with E-state index in [1.807, 2.05) is 31.2 Å². The molecule has 1 N–H and O–H groups in total. The average molecular weight is 328 g/mol. The van der Waals surface area contributed by atoms with Crippen LogP contribution in [-0.4, -0.2) is 5.91 Å². The molecule has 120 valence electrons. The van der Waals surface area contributed by atoms with Gasteiger partial charge in [0.1, 0.15) is 0 Å². The highest BCUT2D eigenvalue weighted by Crippen LogP contribution is 2.24. The number of halogens is 1. The molecule has 1 atom stereocenters. The van der Waals surface area contributed by atoms with Gasteiger partial charge in [-0.05, 0) is 67.0 Å². The van der Waals surface area contributed by atoms with Gasteiger partial charge in [0, 0.05) is 5.02 Å². The third kappa shape index (κ3) is 4.14. The Morgan fingerprint density at radius 3 is 2.70 bits per heavy atom. The number of hydrogen-bond acceptors (Lipinski definition) is 1. The van der Waals surface area contributed by atoms with Crippen LogP contribution in [-0.2, 0) is 24.1 Å². The van der Waals surface area contributed by atoms with Gasteiger partial charge < -0.3 is 5.32 Å². The van der Waals surface area contributed by atoms with Crippen LogP contribution in [0.3, 0.4) is 0 Å². The molecule has 1 aliphatic carbocycles. The summed E-state index contributed by atoms with van der Waals surface area (Å²) >= 11 is 5.97. The fraction of sp³-hybridized carbons (Fsp3) is 0.350. The highest BCUT2D eigenvalue weighted by atomic mass is 35.5. The average Bonchev–Trinajstić information content (AvgIpc) is 2.54. The summed E-state index contributed by atoms with van der Waals surface area (Å²) in [4.78, 5) is 12.2. The Balaban J connectivity index is 1.64. The van der Waals surface area contributed by atoms with Crippen LogP contribution in [0.15, 0.2) is 42.5 Å². The zero-order valence-electron chi connectivity index (χ0n) is 13.4. The lowest BCUT2D eigenvalue weighted by atomic mass is 9.89. The van der Waals surface area contributed by atoms with Crippen LogP contribution in [0, 0.1) is 0 Å². The monoisotopic (exact) mass is 327 g/mol. The first-order valence-corrected chi connectivity index (χ1v) is 8.65. The molecule has 1 amide bonds. The van der Waals surface area contributed by atoms with E-state index >= 15 is 0 Å². The number of amides is 1. The molecule has 0 spiro atoms. The second-order valence-corrected chi connectivity index (χ2v) is 6.77. The molecular formula is C20H22ClNO. The molecule has 2 nitrogen and oxygen atoms in total. The van der Waals surface area contributed by atoms with Crippen LogP contribution < -0.4 is 5.32 Å². The summed E-state index contributed by atoms with van der Waals surface area (Å²) in [5.74, 6) is 0.0255. The van der Waals surface area contributed by atoms with Crippen molar-refractivity contribution in [1.29, 1.82) is 0 Å². The maximum atomic E-state index is 12.2. The number of rotatable bonds is 4. The van der Waals surface area contributed by atoms with E-state index in [1.54, 1.807) is 0 Å². The highest BCUT2D eigenvalue weighted by molar-refractivity contribution is 6.30. The van der Waals surface area contributed by atoms with Gasteiger partial charge in [0.2, 0.25) is 5.91 Å². The molecule has 0 bridgehead atoms. The summed E-state index contributed by atoms with van der Waals surface area (Å²) in [6.07, 6.45) is 5.26. The topological polar surface area (TPSA) is 29.1 Å². The van der Waals surface area contributed by atoms with Gasteiger partial charge in [0.25, 0.3) is 0 Å². The minimum absolute atomic E-state index is 0.0221. The van der Waals surface area contributed by atoms with Crippen LogP contribution in [0.4, 0.5) is 0 Å². The van der Waals surface area contributed by atoms with Crippen LogP contribution in [0.2, 0.25) is 5.02 Å². The maximum absolute atomic E-state index is 12.2. The Hall–Kier alpha value is -1.80. The Labute approximate surface area is 142 Å². The molecule has 3 heteroatoms. The Bertz CT molecular complexity index is 711. The molecule has 0 fully saturated rings. The van der Waals surface area contributed by atoms with E-state index in [0.717, 1.165) is 12.0 Å². The van der Waals surface area contributed by atoms with Crippen molar-refractivity contribution in [2.45, 2.75) is 45.1 Å². The molecule has 0 saturated carbocycles. The van der Waals surface area contributed by atoms with Crippen molar-refractivity contribution < 1.29 is 4.79 Å². The summed E-state index contributed by atoms with van der Waals surface area (Å²) in [6.45, 7) is 2.04. The zero-order valence-corrected chi connectivity index (χ0v) is 14.2. The minimum atomic E-state index is 0.0221. The molecule has 23 heavy (non-hydrogen) atoms. The highest BCUT2D eigenvalue weighted by Gasteiger charge is 2.14. The molecule has 2 aromatic rings. The number of aryl methyl sites for hydroxylation is 2. The molecule has 0 unspecified atom stereocenters. The Morgan fingerprint density at radius 2 is 1.91 bits per heavy atom. The molecule has 0 radical (unpaired) electrons. The largest absolute Gasteiger partial charge is 0.349 e. The molecular weight excluding hydrogens is 306 g/mol. The summed E-state index contributed by atoms with van der Waals surface area (Å²) < 4.78 is 0. The fourth-order valence-electron chi connectivity index (χ4n) is 3.23. The molecule has 3 rings (SSSR count). The van der Waals surface area contributed by atoms with Crippen LogP contribution in [0.25, 0.3) is 0 Å². The van der Waals surface area contributed by atoms with Gasteiger partial charge in [0.05, 0.1) is 12.5 Å². The van der Waals surface area contributed by atoms with E-state index in [0.29, 0.717) is 11.4 Å². The number of carbonyl (C=O) groups excluding carboxylic acids is 1. The second kappa shape index (κ2) is 7.18. The number of hydrogen-bond donors (Lipinski definition) is 1. The van der Waals surface area contributed by atoms with Gasteiger partial charge in [-0.1, -0.05) is 41.9 Å². The Morgan fingerprint density at radius 1 is 1.13 bits per heavy atom. The number of nitrogens with one attached hydrogen (secondary N) is 1. The lowest BCUT2D eigenvalue weighted by molar-refractivity contribution is -0.121. The third-order valence-corrected chi connectivity index (χ3v) is 4.74. The quantitative estimate of drug-likeness (QED) is 0.871. The van der Waals surface area contributed by atoms with Crippen molar-refractivity contribution >= 4 is 17.5 Å². The van der Waals surface area contributed by atoms with Crippen molar-refractivity contribution in [1.82, 2.24) is 5.32 Å². The molecule has 0 saturated heterocycles. The van der Waals surface area contributed by atoms with Crippen LogP contribution in [0.5, 0.6) is 0 Å². The van der Waals surface area contributed by atoms with Gasteiger partial charge in [0.15, 0.2) is 0 Å². The van der Waals surface area contributed by atoms with Crippen molar-refractivity contribution in [3.05, 3.63) is 69.7 Å². The summed E-state index contributed by atoms with van der Waals surface area (Å²) in [6, 6.07) is 14.1. The van der Waals surface area contributed by atoms with E-state index in [-0.39, 0.29) is 11.9 Å². The number of fused-ring (bicyclic) bond motifs is 1. The molecule has 0 aromatic heterocycles. The predicted molar refractivity (Wildman–Crippen MR) is 94.8 cm³/mol. The van der Waals surface area contributed by atoms with Crippen molar-refractivity contribution in [3.63, 3.8) is 0 Å². The van der Waals surface area contributed by atoms with Crippen molar-refractivity contribution in [2.75, 3.05) is 0 Å². The molecule has 1 aliphatic rings. The fourth-order valence-corrected chi connectivity index (χ4v) is 3.44. The zero-order chi connectivity index (χ0) is 16.2. The second-order valence-electron chi connectivity index (χ2n) is 6.33. The molecule has 0 heterocycles. The summed E-state index contributed by atoms with van der Waals surface area (Å²) in [7, 11) is 0. The van der Waals surface area contributed by atoms with Crippen LogP contribution >= 0.6 is 11.6 Å².